The van der Waals surface area contributed by atoms with Crippen LogP contribution in [0.1, 0.15) is 15.9 Å². The second-order valence-corrected chi connectivity index (χ2v) is 6.19. The molecule has 3 aromatic rings. The van der Waals surface area contributed by atoms with Crippen LogP contribution in [0.3, 0.4) is 0 Å². The van der Waals surface area contributed by atoms with Crippen LogP contribution in [0.15, 0.2) is 48.7 Å². The molecule has 1 amide bonds. The molecule has 0 aliphatic rings. The van der Waals surface area contributed by atoms with E-state index in [9.17, 15) is 19.8 Å². The lowest BCUT2D eigenvalue weighted by molar-refractivity contribution is -0.119. The number of carbonyl (C=O) groups excluding carboxylic acids is 2. The van der Waals surface area contributed by atoms with Gasteiger partial charge in [-0.1, -0.05) is 6.07 Å². The van der Waals surface area contributed by atoms with Gasteiger partial charge >= 0.3 is 0 Å². The largest absolute Gasteiger partial charge is 0.508 e. The first kappa shape index (κ1) is 20.0. The summed E-state index contributed by atoms with van der Waals surface area (Å²) in [5.74, 6) is -0.710. The normalized spacial score (nSPS) is 12.2. The number of ketones is 1. The van der Waals surface area contributed by atoms with Gasteiger partial charge < -0.3 is 30.0 Å². The van der Waals surface area contributed by atoms with E-state index in [-0.39, 0.29) is 22.8 Å². The van der Waals surface area contributed by atoms with Gasteiger partial charge in [-0.25, -0.2) is 0 Å². The Morgan fingerprint density at radius 1 is 1.14 bits per heavy atom. The van der Waals surface area contributed by atoms with E-state index < -0.39 is 17.9 Å². The monoisotopic (exact) mass is 396 g/mol. The van der Waals surface area contributed by atoms with E-state index in [1.165, 1.54) is 50.8 Å². The summed E-state index contributed by atoms with van der Waals surface area (Å²) >= 11 is 0. The summed E-state index contributed by atoms with van der Waals surface area (Å²) in [6.07, 6.45) is 3.05. The Morgan fingerprint density at radius 2 is 1.93 bits per heavy atom. The number of hydrogen-bond donors (Lipinski definition) is 4. The lowest BCUT2D eigenvalue weighted by atomic mass is 10.1. The molecule has 0 bridgehead atoms. The number of phenols is 2. The van der Waals surface area contributed by atoms with E-state index in [2.05, 4.69) is 10.3 Å². The number of fused-ring (bicyclic) bond motifs is 1. The standard InChI is InChI=1S/C21H20N2O6/c1-28-18-9-12(3-7-17(18)25)4-8-19(26)23-21(29-2)20(27)15-11-22-16-6-5-13(24)10-14(15)16/h3-11,21-22,24-25H,1-2H3,(H,23,26). The van der Waals surface area contributed by atoms with E-state index in [1.54, 1.807) is 18.2 Å². The molecule has 0 saturated carbocycles. The van der Waals surface area contributed by atoms with Crippen molar-refractivity contribution in [1.82, 2.24) is 10.3 Å². The Balaban J connectivity index is 1.74. The van der Waals surface area contributed by atoms with Gasteiger partial charge in [0.25, 0.3) is 0 Å². The van der Waals surface area contributed by atoms with Crippen LogP contribution in [0, 0.1) is 0 Å². The number of nitrogens with one attached hydrogen (secondary N) is 2. The van der Waals surface area contributed by atoms with Gasteiger partial charge in [0.05, 0.1) is 7.11 Å². The van der Waals surface area contributed by atoms with Gasteiger partial charge in [0, 0.05) is 35.8 Å². The number of aromatic hydroxyl groups is 2. The molecule has 1 unspecified atom stereocenters. The number of aromatic amines is 1. The minimum absolute atomic E-state index is 0.0103. The summed E-state index contributed by atoms with van der Waals surface area (Å²) in [6, 6.07) is 9.24. The first-order valence-electron chi connectivity index (χ1n) is 8.65. The SMILES string of the molecule is COc1cc(C=CC(=O)NC(OC)C(=O)c2c[nH]c3ccc(O)cc23)ccc1O. The fourth-order valence-corrected chi connectivity index (χ4v) is 2.83. The van der Waals surface area contributed by atoms with Crippen LogP contribution >= 0.6 is 0 Å². The van der Waals surface area contributed by atoms with Gasteiger partial charge in [-0.3, -0.25) is 9.59 Å². The maximum absolute atomic E-state index is 12.8. The number of carbonyl (C=O) groups is 2. The molecule has 1 atom stereocenters. The molecule has 0 aliphatic heterocycles. The van der Waals surface area contributed by atoms with E-state index in [1.807, 2.05) is 0 Å². The lowest BCUT2D eigenvalue weighted by Crippen LogP contribution is -2.41. The quantitative estimate of drug-likeness (QED) is 0.277. The number of phenolic OH excluding ortho intramolecular Hbond substituents is 2. The molecular weight excluding hydrogens is 376 g/mol. The maximum atomic E-state index is 12.8. The minimum atomic E-state index is -1.21. The number of aromatic nitrogens is 1. The molecule has 8 heteroatoms. The molecule has 0 fully saturated rings. The van der Waals surface area contributed by atoms with Crippen LogP contribution in [0.4, 0.5) is 0 Å². The van der Waals surface area contributed by atoms with Crippen molar-refractivity contribution in [2.75, 3.05) is 14.2 Å². The molecule has 0 aliphatic carbocycles. The van der Waals surface area contributed by atoms with Crippen molar-refractivity contribution in [3.8, 4) is 17.2 Å². The Bertz CT molecular complexity index is 1090. The number of methoxy groups -OCH3 is 2. The van der Waals surface area contributed by atoms with Crippen molar-refractivity contribution < 1.29 is 29.3 Å². The molecule has 3 rings (SSSR count). The van der Waals surface area contributed by atoms with Gasteiger partial charge in [-0.15, -0.1) is 0 Å². The highest BCUT2D eigenvalue weighted by atomic mass is 16.5. The van der Waals surface area contributed by atoms with E-state index in [0.29, 0.717) is 16.5 Å². The molecule has 1 aromatic heterocycles. The second-order valence-electron chi connectivity index (χ2n) is 6.19. The van der Waals surface area contributed by atoms with Gasteiger partial charge in [0.15, 0.2) is 17.7 Å². The highest BCUT2D eigenvalue weighted by molar-refractivity contribution is 6.11. The molecule has 1 heterocycles. The number of amides is 1. The smallest absolute Gasteiger partial charge is 0.246 e. The van der Waals surface area contributed by atoms with Crippen molar-refractivity contribution in [2.45, 2.75) is 6.23 Å². The van der Waals surface area contributed by atoms with Gasteiger partial charge in [0.2, 0.25) is 11.7 Å². The zero-order valence-corrected chi connectivity index (χ0v) is 15.8. The molecular formula is C21H20N2O6. The number of rotatable bonds is 7. The molecule has 4 N–H and O–H groups in total. The summed E-state index contributed by atoms with van der Waals surface area (Å²) < 4.78 is 10.2. The Kier molecular flexibility index (Phi) is 5.85. The topological polar surface area (TPSA) is 121 Å². The van der Waals surface area contributed by atoms with Gasteiger partial charge in [-0.2, -0.15) is 0 Å². The van der Waals surface area contributed by atoms with Crippen molar-refractivity contribution in [2.24, 2.45) is 0 Å². The third-order valence-corrected chi connectivity index (χ3v) is 4.31. The average molecular weight is 396 g/mol. The first-order valence-corrected chi connectivity index (χ1v) is 8.65. The minimum Gasteiger partial charge on any atom is -0.508 e. The van der Waals surface area contributed by atoms with Crippen LogP contribution < -0.4 is 10.1 Å². The first-order chi connectivity index (χ1) is 13.9. The molecule has 0 radical (unpaired) electrons. The number of H-pyrrole nitrogens is 1. The highest BCUT2D eigenvalue weighted by Crippen LogP contribution is 2.27. The third-order valence-electron chi connectivity index (χ3n) is 4.31. The van der Waals surface area contributed by atoms with Crippen molar-refractivity contribution in [3.63, 3.8) is 0 Å². The number of Topliss-reactive ketones (excluding diaryl/α,β-unsaturated/α-hetero) is 1. The van der Waals surface area contributed by atoms with Crippen molar-refractivity contribution in [1.29, 1.82) is 0 Å². The highest BCUT2D eigenvalue weighted by Gasteiger charge is 2.23. The molecule has 29 heavy (non-hydrogen) atoms. The predicted octanol–water partition coefficient (Wildman–Crippen LogP) is 2.57. The second kappa shape index (κ2) is 8.49. The molecule has 8 nitrogen and oxygen atoms in total. The predicted molar refractivity (Wildman–Crippen MR) is 107 cm³/mol. The number of hydrogen-bond acceptors (Lipinski definition) is 6. The molecule has 0 spiro atoms. The van der Waals surface area contributed by atoms with Crippen LogP contribution in [0.2, 0.25) is 0 Å². The van der Waals surface area contributed by atoms with Crippen LogP contribution in [-0.2, 0) is 9.53 Å². The third kappa shape index (κ3) is 4.39. The summed E-state index contributed by atoms with van der Waals surface area (Å²) in [5.41, 5.74) is 1.59. The van der Waals surface area contributed by atoms with Crippen LogP contribution in [0.5, 0.6) is 17.2 Å². The van der Waals surface area contributed by atoms with E-state index in [0.717, 1.165) is 0 Å². The average Bonchev–Trinajstić information content (AvgIpc) is 3.13. The van der Waals surface area contributed by atoms with E-state index in [4.69, 9.17) is 9.47 Å². The maximum Gasteiger partial charge on any atom is 0.246 e. The van der Waals surface area contributed by atoms with Gasteiger partial charge in [-0.05, 0) is 42.0 Å². The summed E-state index contributed by atoms with van der Waals surface area (Å²) in [7, 11) is 2.73. The van der Waals surface area contributed by atoms with Crippen LogP contribution in [-0.4, -0.2) is 47.3 Å². The lowest BCUT2D eigenvalue weighted by Gasteiger charge is -2.14. The fourth-order valence-electron chi connectivity index (χ4n) is 2.83. The number of ether oxygens (including phenoxy) is 2. The Labute approximate surface area is 166 Å². The zero-order valence-electron chi connectivity index (χ0n) is 15.8. The Hall–Kier alpha value is -3.78. The summed E-state index contributed by atoms with van der Waals surface area (Å²) in [6.45, 7) is 0. The molecule has 150 valence electrons. The summed E-state index contributed by atoms with van der Waals surface area (Å²) in [5, 5.41) is 22.3. The number of benzene rings is 2. The molecule has 2 aromatic carbocycles. The van der Waals surface area contributed by atoms with Gasteiger partial charge in [0.1, 0.15) is 5.75 Å². The zero-order chi connectivity index (χ0) is 21.0. The van der Waals surface area contributed by atoms with Crippen molar-refractivity contribution >= 4 is 28.7 Å². The summed E-state index contributed by atoms with van der Waals surface area (Å²) in [4.78, 5) is 28.0. The Morgan fingerprint density at radius 3 is 2.66 bits per heavy atom. The van der Waals surface area contributed by atoms with Crippen molar-refractivity contribution in [3.05, 3.63) is 59.8 Å². The fraction of sp³-hybridized carbons (Fsp3) is 0.143. The van der Waals surface area contributed by atoms with E-state index >= 15 is 0 Å². The molecule has 0 saturated heterocycles. The van der Waals surface area contributed by atoms with Crippen LogP contribution in [0.25, 0.3) is 17.0 Å².